The van der Waals surface area contributed by atoms with Crippen molar-refractivity contribution in [1.82, 2.24) is 0 Å². The van der Waals surface area contributed by atoms with Gasteiger partial charge >= 0.3 is 0 Å². The maximum absolute atomic E-state index is 6.69. The van der Waals surface area contributed by atoms with E-state index in [4.69, 9.17) is 9.47 Å². The summed E-state index contributed by atoms with van der Waals surface area (Å²) in [5, 5.41) is 14.2. The molecule has 0 fully saturated rings. The Balaban J connectivity index is 1.09. The standard InChI is InChI=1S/C52H36O2Si/c1-29-25-42(32-17-19-35-37-13-5-9-30-11-7-15-44(49(30)37)53-46(35)26-32)39-23-24-41-48(55(2,3)4)28-43(40-22-21-34(29)51(39)52(40)41)33-18-20-36-38-14-6-10-31-12-8-16-45(50(31)38)54-47(36)27-33/h5-28H,1-4H3. The van der Waals surface area contributed by atoms with E-state index in [9.17, 15) is 0 Å². The number of hydrogen-bond acceptors (Lipinski definition) is 2. The Bertz CT molecular complexity index is 3300. The van der Waals surface area contributed by atoms with Gasteiger partial charge < -0.3 is 9.47 Å². The summed E-state index contributed by atoms with van der Waals surface area (Å²) in [6.07, 6.45) is 0. The molecule has 0 aromatic heterocycles. The van der Waals surface area contributed by atoms with Gasteiger partial charge in [-0.25, -0.2) is 0 Å². The van der Waals surface area contributed by atoms with E-state index < -0.39 is 8.07 Å². The number of benzene rings is 10. The fourth-order valence-electron chi connectivity index (χ4n) is 9.73. The lowest BCUT2D eigenvalue weighted by Gasteiger charge is -2.26. The SMILES string of the molecule is Cc1cc(-c2ccc3c(c2)Oc2cccc4cccc-3c24)c2ccc3c([Si](C)(C)C)cc(-c4ccc5c(c4)Oc4cccc6cccc-5c46)c4ccc1c2c43. The quantitative estimate of drug-likeness (QED) is 0.134. The second-order valence-corrected chi connectivity index (χ2v) is 21.5. The largest absolute Gasteiger partial charge is 0.456 e. The summed E-state index contributed by atoms with van der Waals surface area (Å²) in [7, 11) is -1.80. The number of fused-ring (bicyclic) bond motifs is 4. The number of rotatable bonds is 3. The normalized spacial score (nSPS) is 13.0. The van der Waals surface area contributed by atoms with Crippen LogP contribution in [-0.2, 0) is 0 Å². The Hall–Kier alpha value is -6.42. The molecule has 0 atom stereocenters. The summed E-state index contributed by atoms with van der Waals surface area (Å²) < 4.78 is 13.3. The maximum atomic E-state index is 6.69. The highest BCUT2D eigenvalue weighted by Gasteiger charge is 2.27. The first kappa shape index (κ1) is 31.0. The Kier molecular flexibility index (Phi) is 6.11. The van der Waals surface area contributed by atoms with Gasteiger partial charge in [-0.3, -0.25) is 0 Å². The number of aryl methyl sites for hydroxylation is 1. The molecule has 2 nitrogen and oxygen atoms in total. The maximum Gasteiger partial charge on any atom is 0.135 e. The zero-order valence-electron chi connectivity index (χ0n) is 31.2. The van der Waals surface area contributed by atoms with E-state index in [1.54, 1.807) is 0 Å². The average Bonchev–Trinajstić information content (AvgIpc) is 3.20. The van der Waals surface area contributed by atoms with E-state index in [1.807, 2.05) is 0 Å². The molecule has 2 aliphatic heterocycles. The van der Waals surface area contributed by atoms with Crippen LogP contribution in [0.15, 0.2) is 146 Å². The van der Waals surface area contributed by atoms with Crippen LogP contribution in [0.3, 0.4) is 0 Å². The molecule has 0 saturated carbocycles. The molecule has 260 valence electrons. The van der Waals surface area contributed by atoms with Crippen molar-refractivity contribution in [2.75, 3.05) is 0 Å². The fraction of sp³-hybridized carbons (Fsp3) is 0.0769. The Morgan fingerprint density at radius 3 is 1.38 bits per heavy atom. The van der Waals surface area contributed by atoms with Crippen LogP contribution in [0.2, 0.25) is 19.6 Å². The zero-order chi connectivity index (χ0) is 36.7. The van der Waals surface area contributed by atoms with E-state index in [0.29, 0.717) is 0 Å². The molecular formula is C52H36O2Si. The smallest absolute Gasteiger partial charge is 0.135 e. The lowest BCUT2D eigenvalue weighted by atomic mass is 9.84. The van der Waals surface area contributed by atoms with Gasteiger partial charge in [-0.05, 0) is 125 Å². The lowest BCUT2D eigenvalue weighted by Crippen LogP contribution is -2.38. The third kappa shape index (κ3) is 4.30. The minimum atomic E-state index is -1.80. The molecule has 0 N–H and O–H groups in total. The molecule has 0 radical (unpaired) electrons. The van der Waals surface area contributed by atoms with Gasteiger partial charge in [-0.2, -0.15) is 0 Å². The molecule has 10 aromatic carbocycles. The minimum Gasteiger partial charge on any atom is -0.456 e. The van der Waals surface area contributed by atoms with Gasteiger partial charge in [0.2, 0.25) is 0 Å². The molecule has 3 heteroatoms. The van der Waals surface area contributed by atoms with E-state index in [2.05, 4.69) is 172 Å². The van der Waals surface area contributed by atoms with Crippen LogP contribution < -0.4 is 14.7 Å². The third-order valence-electron chi connectivity index (χ3n) is 12.3. The van der Waals surface area contributed by atoms with Crippen molar-refractivity contribution in [2.24, 2.45) is 0 Å². The van der Waals surface area contributed by atoms with Crippen molar-refractivity contribution in [1.29, 1.82) is 0 Å². The third-order valence-corrected chi connectivity index (χ3v) is 14.3. The average molecular weight is 721 g/mol. The molecule has 0 bridgehead atoms. The summed E-state index contributed by atoms with van der Waals surface area (Å²) in [5.41, 5.74) is 10.9. The van der Waals surface area contributed by atoms with Gasteiger partial charge in [0.1, 0.15) is 23.0 Å². The first-order valence-electron chi connectivity index (χ1n) is 19.2. The first-order valence-corrected chi connectivity index (χ1v) is 22.7. The van der Waals surface area contributed by atoms with Crippen LogP contribution in [0, 0.1) is 6.92 Å². The Morgan fingerprint density at radius 2 is 0.836 bits per heavy atom. The Labute approximate surface area is 320 Å². The molecule has 0 aliphatic carbocycles. The number of ether oxygens (including phenoxy) is 2. The van der Waals surface area contributed by atoms with Gasteiger partial charge in [-0.15, -0.1) is 0 Å². The fourth-order valence-corrected chi connectivity index (χ4v) is 11.3. The molecule has 10 aromatic rings. The van der Waals surface area contributed by atoms with Crippen LogP contribution in [0.5, 0.6) is 23.0 Å². The molecule has 0 saturated heterocycles. The second kappa shape index (κ2) is 10.8. The molecule has 0 amide bonds. The topological polar surface area (TPSA) is 18.5 Å². The summed E-state index contributed by atoms with van der Waals surface area (Å²) in [6, 6.07) is 53.7. The monoisotopic (exact) mass is 720 g/mol. The van der Waals surface area contributed by atoms with Crippen molar-refractivity contribution in [3.8, 4) is 67.5 Å². The van der Waals surface area contributed by atoms with Crippen LogP contribution in [0.25, 0.3) is 98.4 Å². The van der Waals surface area contributed by atoms with E-state index in [1.165, 1.54) is 98.0 Å². The van der Waals surface area contributed by atoms with Gasteiger partial charge in [0, 0.05) is 21.9 Å². The summed E-state index contributed by atoms with van der Waals surface area (Å²) in [5.74, 6) is 3.66. The number of hydrogen-bond donors (Lipinski definition) is 0. The molecule has 12 rings (SSSR count). The van der Waals surface area contributed by atoms with Crippen molar-refractivity contribution in [2.45, 2.75) is 26.6 Å². The minimum absolute atomic E-state index is 0.906. The summed E-state index contributed by atoms with van der Waals surface area (Å²) in [4.78, 5) is 0. The first-order chi connectivity index (χ1) is 26.8. The predicted molar refractivity (Wildman–Crippen MR) is 235 cm³/mol. The van der Waals surface area contributed by atoms with Crippen molar-refractivity contribution < 1.29 is 9.47 Å². The highest BCUT2D eigenvalue weighted by molar-refractivity contribution is 6.90. The molecule has 2 aliphatic rings. The molecular weight excluding hydrogens is 685 g/mol. The zero-order valence-corrected chi connectivity index (χ0v) is 32.2. The van der Waals surface area contributed by atoms with Crippen LogP contribution >= 0.6 is 0 Å². The van der Waals surface area contributed by atoms with Crippen molar-refractivity contribution in [3.05, 3.63) is 151 Å². The van der Waals surface area contributed by atoms with Crippen molar-refractivity contribution >= 4 is 67.1 Å². The summed E-state index contributed by atoms with van der Waals surface area (Å²) in [6.45, 7) is 9.68. The van der Waals surface area contributed by atoms with E-state index in [0.717, 1.165) is 34.1 Å². The highest BCUT2D eigenvalue weighted by atomic mass is 28.3. The highest BCUT2D eigenvalue weighted by Crippen LogP contribution is 2.51. The van der Waals surface area contributed by atoms with E-state index >= 15 is 0 Å². The van der Waals surface area contributed by atoms with Crippen LogP contribution in [0.1, 0.15) is 5.56 Å². The van der Waals surface area contributed by atoms with Gasteiger partial charge in [0.05, 0.1) is 8.07 Å². The predicted octanol–water partition coefficient (Wildman–Crippen LogP) is 14.6. The lowest BCUT2D eigenvalue weighted by molar-refractivity contribution is 0.487. The van der Waals surface area contributed by atoms with Gasteiger partial charge in [0.15, 0.2) is 0 Å². The van der Waals surface area contributed by atoms with Crippen LogP contribution in [-0.4, -0.2) is 8.07 Å². The van der Waals surface area contributed by atoms with Crippen molar-refractivity contribution in [3.63, 3.8) is 0 Å². The summed E-state index contributed by atoms with van der Waals surface area (Å²) >= 11 is 0. The van der Waals surface area contributed by atoms with E-state index in [-0.39, 0.29) is 0 Å². The molecule has 0 spiro atoms. The molecule has 55 heavy (non-hydrogen) atoms. The van der Waals surface area contributed by atoms with Crippen LogP contribution in [0.4, 0.5) is 0 Å². The second-order valence-electron chi connectivity index (χ2n) is 16.5. The molecule has 2 heterocycles. The molecule has 0 unspecified atom stereocenters. The van der Waals surface area contributed by atoms with Gasteiger partial charge in [-0.1, -0.05) is 134 Å². The van der Waals surface area contributed by atoms with Gasteiger partial charge in [0.25, 0.3) is 0 Å². The Morgan fingerprint density at radius 1 is 0.364 bits per heavy atom.